The summed E-state index contributed by atoms with van der Waals surface area (Å²) >= 11 is 0. The van der Waals surface area contributed by atoms with Crippen LogP contribution in [0.5, 0.6) is 0 Å². The van der Waals surface area contributed by atoms with Crippen molar-refractivity contribution in [3.8, 4) is 0 Å². The molecule has 3 N–H and O–H groups in total. The van der Waals surface area contributed by atoms with Crippen LogP contribution in [-0.4, -0.2) is 33.1 Å². The van der Waals surface area contributed by atoms with Gasteiger partial charge in [0.1, 0.15) is 0 Å². The summed E-state index contributed by atoms with van der Waals surface area (Å²) in [5.41, 5.74) is -0.962. The number of rotatable bonds is 5. The van der Waals surface area contributed by atoms with Gasteiger partial charge in [-0.05, 0) is 85.9 Å². The van der Waals surface area contributed by atoms with Gasteiger partial charge in [-0.3, -0.25) is 0 Å². The Morgan fingerprint density at radius 2 is 1.63 bits per heavy atom. The highest BCUT2D eigenvalue weighted by Crippen LogP contribution is 2.69. The maximum Gasteiger partial charge on any atom is 0.0985 e. The van der Waals surface area contributed by atoms with Crippen molar-refractivity contribution in [3.05, 3.63) is 0 Å². The Labute approximate surface area is 185 Å². The highest BCUT2D eigenvalue weighted by Gasteiger charge is 2.67. The van der Waals surface area contributed by atoms with Crippen molar-refractivity contribution in [3.63, 3.8) is 0 Å². The molecule has 30 heavy (non-hydrogen) atoms. The predicted octanol–water partition coefficient (Wildman–Crippen LogP) is 5.55. The number of hydrogen-bond donors (Lipinski definition) is 3. The molecule has 3 heteroatoms. The molecule has 4 saturated carbocycles. The fourth-order valence-corrected chi connectivity index (χ4v) is 9.29. The van der Waals surface area contributed by atoms with E-state index in [4.69, 9.17) is 0 Å². The minimum Gasteiger partial charge on any atom is -0.393 e. The summed E-state index contributed by atoms with van der Waals surface area (Å²) in [6.07, 6.45) is 10.7. The Morgan fingerprint density at radius 3 is 2.33 bits per heavy atom. The van der Waals surface area contributed by atoms with Crippen molar-refractivity contribution < 1.29 is 15.3 Å². The Balaban J connectivity index is 1.53. The maximum absolute atomic E-state index is 11.6. The molecule has 0 bridgehead atoms. The van der Waals surface area contributed by atoms with Crippen molar-refractivity contribution >= 4 is 0 Å². The van der Waals surface area contributed by atoms with Crippen LogP contribution in [0.25, 0.3) is 0 Å². The van der Waals surface area contributed by atoms with Gasteiger partial charge in [-0.25, -0.2) is 0 Å². The molecule has 0 spiro atoms. The van der Waals surface area contributed by atoms with E-state index in [1.165, 1.54) is 44.9 Å². The molecule has 0 heterocycles. The lowest BCUT2D eigenvalue weighted by molar-refractivity contribution is -0.264. The number of hydrogen-bond acceptors (Lipinski definition) is 3. The third-order valence-electron chi connectivity index (χ3n) is 11.0. The maximum atomic E-state index is 11.6. The van der Waals surface area contributed by atoms with Crippen LogP contribution in [0.4, 0.5) is 0 Å². The fourth-order valence-electron chi connectivity index (χ4n) is 9.29. The van der Waals surface area contributed by atoms with Gasteiger partial charge in [0.05, 0.1) is 17.8 Å². The van der Waals surface area contributed by atoms with Gasteiger partial charge in [-0.1, -0.05) is 53.9 Å². The highest BCUT2D eigenvalue weighted by molar-refractivity contribution is 5.17. The molecular formula is C27H48O3. The summed E-state index contributed by atoms with van der Waals surface area (Å²) in [4.78, 5) is 0. The molecule has 0 saturated heterocycles. The zero-order valence-corrected chi connectivity index (χ0v) is 20.2. The number of fused-ring (bicyclic) bond motifs is 5. The SMILES string of the molecule is CC(C)CCC[C@H](C)[C@@H]1CC[C@H]2[C@H]3C[C@@H](O)[C@@]4(O)C[C@@H](O)CC[C@]4(C)[C@@H]3CC[C@@]21C. The minimum absolute atomic E-state index is 0.253. The monoisotopic (exact) mass is 420 g/mol. The first-order valence-electron chi connectivity index (χ1n) is 13.1. The molecule has 0 aromatic rings. The van der Waals surface area contributed by atoms with Crippen molar-refractivity contribution in [1.29, 1.82) is 0 Å². The first kappa shape index (κ1) is 23.1. The molecule has 0 radical (unpaired) electrons. The summed E-state index contributed by atoms with van der Waals surface area (Å²) in [6.45, 7) is 12.0. The molecule has 4 rings (SSSR count). The topological polar surface area (TPSA) is 60.7 Å². The normalized spacial score (nSPS) is 51.9. The van der Waals surface area contributed by atoms with Crippen molar-refractivity contribution in [1.82, 2.24) is 0 Å². The van der Waals surface area contributed by atoms with E-state index in [2.05, 4.69) is 34.6 Å². The summed E-state index contributed by atoms with van der Waals surface area (Å²) in [7, 11) is 0. The van der Waals surface area contributed by atoms with Crippen molar-refractivity contribution in [2.45, 2.75) is 123 Å². The van der Waals surface area contributed by atoms with E-state index in [0.29, 0.717) is 29.6 Å². The average molecular weight is 421 g/mol. The summed E-state index contributed by atoms with van der Waals surface area (Å²) < 4.78 is 0. The van der Waals surface area contributed by atoms with Crippen molar-refractivity contribution in [2.24, 2.45) is 46.3 Å². The molecule has 0 unspecified atom stereocenters. The highest BCUT2D eigenvalue weighted by atomic mass is 16.3. The second kappa shape index (κ2) is 8.03. The van der Waals surface area contributed by atoms with Gasteiger partial charge in [0.25, 0.3) is 0 Å². The number of aliphatic hydroxyl groups excluding tert-OH is 2. The summed E-state index contributed by atoms with van der Waals surface area (Å²) in [6, 6.07) is 0. The van der Waals surface area contributed by atoms with Crippen LogP contribution in [0.3, 0.4) is 0 Å². The lowest BCUT2D eigenvalue weighted by atomic mass is 9.42. The second-order valence-corrected chi connectivity index (χ2v) is 12.9. The molecule has 174 valence electrons. The van der Waals surface area contributed by atoms with Gasteiger partial charge in [0, 0.05) is 11.8 Å². The molecular weight excluding hydrogens is 372 g/mol. The molecule has 3 nitrogen and oxygen atoms in total. The third-order valence-corrected chi connectivity index (χ3v) is 11.0. The molecule has 4 aliphatic rings. The lowest BCUT2D eigenvalue weighted by Gasteiger charge is -2.65. The van der Waals surface area contributed by atoms with Gasteiger partial charge < -0.3 is 15.3 Å². The molecule has 0 amide bonds. The number of aliphatic hydroxyl groups is 3. The predicted molar refractivity (Wildman–Crippen MR) is 122 cm³/mol. The molecule has 10 atom stereocenters. The second-order valence-electron chi connectivity index (χ2n) is 12.9. The Hall–Kier alpha value is -0.120. The van der Waals surface area contributed by atoms with Gasteiger partial charge >= 0.3 is 0 Å². The molecule has 0 aromatic heterocycles. The minimum atomic E-state index is -1.11. The molecule has 4 fully saturated rings. The molecule has 0 aromatic carbocycles. The Bertz CT molecular complexity index is 619. The van der Waals surface area contributed by atoms with Crippen LogP contribution in [0.1, 0.15) is 105 Å². The third kappa shape index (κ3) is 3.41. The van der Waals surface area contributed by atoms with Crippen LogP contribution in [0, 0.1) is 46.3 Å². The fraction of sp³-hybridized carbons (Fsp3) is 1.00. The Morgan fingerprint density at radius 1 is 0.900 bits per heavy atom. The van der Waals surface area contributed by atoms with E-state index < -0.39 is 17.8 Å². The zero-order valence-electron chi connectivity index (χ0n) is 20.2. The average Bonchev–Trinajstić information content (AvgIpc) is 3.01. The van der Waals surface area contributed by atoms with Crippen LogP contribution >= 0.6 is 0 Å². The molecule has 4 aliphatic carbocycles. The van der Waals surface area contributed by atoms with Gasteiger partial charge in [-0.15, -0.1) is 0 Å². The summed E-state index contributed by atoms with van der Waals surface area (Å²) in [5.74, 6) is 4.13. The molecule has 0 aliphatic heterocycles. The van der Waals surface area contributed by atoms with Gasteiger partial charge in [0.2, 0.25) is 0 Å². The lowest BCUT2D eigenvalue weighted by Crippen LogP contribution is -2.68. The largest absolute Gasteiger partial charge is 0.393 e. The van der Waals surface area contributed by atoms with E-state index in [9.17, 15) is 15.3 Å². The van der Waals surface area contributed by atoms with E-state index in [-0.39, 0.29) is 5.41 Å². The first-order valence-corrected chi connectivity index (χ1v) is 13.1. The Kier molecular flexibility index (Phi) is 6.17. The van der Waals surface area contributed by atoms with E-state index >= 15 is 0 Å². The van der Waals surface area contributed by atoms with Crippen LogP contribution < -0.4 is 0 Å². The smallest absolute Gasteiger partial charge is 0.0985 e. The van der Waals surface area contributed by atoms with Crippen LogP contribution in [-0.2, 0) is 0 Å². The standard InChI is InChI=1S/C27H48O3/c1-17(2)7-6-8-18(3)21-9-10-22-20-15-24(29)27(30)16-19(28)11-14-26(27,5)23(20)12-13-25(21,22)4/h17-24,28-30H,6-16H2,1-5H3/t18-,19-,20+,21-,22-,23+,24+,25+,26+,27-/m0/s1. The van der Waals surface area contributed by atoms with Crippen LogP contribution in [0.2, 0.25) is 0 Å². The van der Waals surface area contributed by atoms with Crippen LogP contribution in [0.15, 0.2) is 0 Å². The van der Waals surface area contributed by atoms with Gasteiger partial charge in [0.15, 0.2) is 0 Å². The van der Waals surface area contributed by atoms with E-state index in [1.54, 1.807) is 0 Å². The quantitative estimate of drug-likeness (QED) is 0.546. The summed E-state index contributed by atoms with van der Waals surface area (Å²) in [5, 5.41) is 33.0. The van der Waals surface area contributed by atoms with Gasteiger partial charge in [-0.2, -0.15) is 0 Å². The van der Waals surface area contributed by atoms with E-state index in [0.717, 1.165) is 37.0 Å². The van der Waals surface area contributed by atoms with Crippen molar-refractivity contribution in [2.75, 3.05) is 0 Å². The first-order chi connectivity index (χ1) is 14.0. The zero-order chi connectivity index (χ0) is 21.9. The van der Waals surface area contributed by atoms with E-state index in [1.807, 2.05) is 0 Å².